The average Bonchev–Trinajstić information content (AvgIpc) is 2.92. The first kappa shape index (κ1) is 15.0. The first-order valence-corrected chi connectivity index (χ1v) is 7.11. The normalized spacial score (nSPS) is 9.81. The molecule has 5 nitrogen and oxygen atoms in total. The van der Waals surface area contributed by atoms with Crippen molar-refractivity contribution in [2.45, 2.75) is 6.54 Å². The highest BCUT2D eigenvalue weighted by Crippen LogP contribution is 2.15. The molecule has 0 atom stereocenters. The van der Waals surface area contributed by atoms with Crippen molar-refractivity contribution in [1.82, 2.24) is 9.88 Å². The molecule has 21 heavy (non-hydrogen) atoms. The van der Waals surface area contributed by atoms with Crippen LogP contribution in [-0.2, 0) is 13.6 Å². The van der Waals surface area contributed by atoms with E-state index < -0.39 is 0 Å². The van der Waals surface area contributed by atoms with Crippen molar-refractivity contribution in [3.8, 4) is 11.8 Å². The fourth-order valence-electron chi connectivity index (χ4n) is 1.68. The number of thiophene rings is 1. The van der Waals surface area contributed by atoms with Gasteiger partial charge in [0.2, 0.25) is 0 Å². The summed E-state index contributed by atoms with van der Waals surface area (Å²) >= 11 is 1.48. The molecule has 2 aromatic rings. The van der Waals surface area contributed by atoms with E-state index in [1.54, 1.807) is 19.3 Å². The molecule has 108 valence electrons. The second-order valence-electron chi connectivity index (χ2n) is 4.26. The monoisotopic (exact) mass is 302 g/mol. The molecule has 1 amide bonds. The minimum absolute atomic E-state index is 0.199. The van der Waals surface area contributed by atoms with Gasteiger partial charge in [0.05, 0.1) is 6.54 Å². The quantitative estimate of drug-likeness (QED) is 0.821. The molecule has 0 unspecified atom stereocenters. The fraction of sp³-hybridized carbons (Fsp3) is 0.200. The zero-order valence-corrected chi connectivity index (χ0v) is 12.2. The van der Waals surface area contributed by atoms with Gasteiger partial charge in [-0.25, -0.2) is 0 Å². The molecule has 2 aromatic heterocycles. The van der Waals surface area contributed by atoms with Gasteiger partial charge in [0, 0.05) is 35.3 Å². The molecule has 6 heteroatoms. The number of aliphatic hydroxyl groups is 1. The number of aliphatic hydroxyl groups excluding tert-OH is 1. The summed E-state index contributed by atoms with van der Waals surface area (Å²) in [5.74, 6) is 5.10. The Labute approximate surface area is 125 Å². The summed E-state index contributed by atoms with van der Waals surface area (Å²) in [5, 5.41) is 13.3. The van der Waals surface area contributed by atoms with Gasteiger partial charge in [-0.1, -0.05) is 11.8 Å². The van der Waals surface area contributed by atoms with E-state index in [0.717, 1.165) is 10.4 Å². The Morgan fingerprint density at radius 3 is 3.00 bits per heavy atom. The summed E-state index contributed by atoms with van der Waals surface area (Å²) < 4.78 is 1.40. The molecule has 2 rings (SSSR count). The summed E-state index contributed by atoms with van der Waals surface area (Å²) in [6.07, 6.45) is 1.56. The van der Waals surface area contributed by atoms with E-state index in [2.05, 4.69) is 17.2 Å². The minimum atomic E-state index is -0.304. The molecular formula is C15H14N2O3S. The maximum Gasteiger partial charge on any atom is 0.251 e. The van der Waals surface area contributed by atoms with Crippen LogP contribution in [0.25, 0.3) is 0 Å². The van der Waals surface area contributed by atoms with Gasteiger partial charge in [0.25, 0.3) is 11.5 Å². The summed E-state index contributed by atoms with van der Waals surface area (Å²) in [6.45, 7) is 0.135. The second kappa shape index (κ2) is 6.88. The molecule has 0 saturated heterocycles. The summed E-state index contributed by atoms with van der Waals surface area (Å²) in [5.41, 5.74) is 0.893. The van der Waals surface area contributed by atoms with E-state index in [9.17, 15) is 9.59 Å². The molecule has 0 aliphatic carbocycles. The van der Waals surface area contributed by atoms with E-state index in [0.29, 0.717) is 12.1 Å². The predicted molar refractivity (Wildman–Crippen MR) is 81.1 cm³/mol. The summed E-state index contributed by atoms with van der Waals surface area (Å²) in [6, 6.07) is 4.74. The minimum Gasteiger partial charge on any atom is -0.384 e. The smallest absolute Gasteiger partial charge is 0.251 e. The zero-order valence-electron chi connectivity index (χ0n) is 11.4. The van der Waals surface area contributed by atoms with Crippen LogP contribution >= 0.6 is 11.3 Å². The lowest BCUT2D eigenvalue weighted by atomic mass is 10.2. The Morgan fingerprint density at radius 1 is 1.48 bits per heavy atom. The topological polar surface area (TPSA) is 71.3 Å². The van der Waals surface area contributed by atoms with Crippen LogP contribution in [0.1, 0.15) is 20.8 Å². The molecule has 2 N–H and O–H groups in total. The van der Waals surface area contributed by atoms with E-state index in [4.69, 9.17) is 5.11 Å². The van der Waals surface area contributed by atoms with Gasteiger partial charge in [0.15, 0.2) is 0 Å². The van der Waals surface area contributed by atoms with Crippen LogP contribution in [-0.4, -0.2) is 22.2 Å². The number of carbonyl (C=O) groups is 1. The van der Waals surface area contributed by atoms with Crippen molar-refractivity contribution in [3.05, 3.63) is 56.1 Å². The average molecular weight is 302 g/mol. The largest absolute Gasteiger partial charge is 0.384 e. The van der Waals surface area contributed by atoms with Crippen molar-refractivity contribution >= 4 is 17.2 Å². The number of aromatic nitrogens is 1. The van der Waals surface area contributed by atoms with Gasteiger partial charge in [-0.15, -0.1) is 11.3 Å². The Balaban J connectivity index is 2.06. The molecule has 0 fully saturated rings. The van der Waals surface area contributed by atoms with Gasteiger partial charge in [-0.3, -0.25) is 9.59 Å². The lowest BCUT2D eigenvalue weighted by molar-refractivity contribution is 0.0951. The van der Waals surface area contributed by atoms with Crippen LogP contribution in [0.3, 0.4) is 0 Å². The molecule has 0 spiro atoms. The van der Waals surface area contributed by atoms with E-state index in [1.165, 1.54) is 22.0 Å². The van der Waals surface area contributed by atoms with E-state index >= 15 is 0 Å². The molecule has 0 aliphatic heterocycles. The lowest BCUT2D eigenvalue weighted by Crippen LogP contribution is -2.25. The number of hydrogen-bond acceptors (Lipinski definition) is 4. The van der Waals surface area contributed by atoms with Crippen molar-refractivity contribution in [2.75, 3.05) is 6.61 Å². The SMILES string of the molecule is Cn1ccc(C(=O)NCc2sccc2C#CCO)cc1=O. The van der Waals surface area contributed by atoms with Crippen molar-refractivity contribution in [2.24, 2.45) is 7.05 Å². The maximum absolute atomic E-state index is 12.0. The van der Waals surface area contributed by atoms with Crippen LogP contribution < -0.4 is 10.9 Å². The zero-order chi connectivity index (χ0) is 15.2. The van der Waals surface area contributed by atoms with Gasteiger partial charge < -0.3 is 15.0 Å². The molecule has 2 heterocycles. The summed E-state index contributed by atoms with van der Waals surface area (Å²) in [4.78, 5) is 24.4. The number of nitrogens with zero attached hydrogens (tertiary/aromatic N) is 1. The van der Waals surface area contributed by atoms with Crippen LogP contribution in [0.4, 0.5) is 0 Å². The number of amides is 1. The lowest BCUT2D eigenvalue weighted by Gasteiger charge is -2.05. The highest BCUT2D eigenvalue weighted by atomic mass is 32.1. The first-order valence-electron chi connectivity index (χ1n) is 6.23. The fourth-order valence-corrected chi connectivity index (χ4v) is 2.45. The second-order valence-corrected chi connectivity index (χ2v) is 5.27. The number of pyridine rings is 1. The van der Waals surface area contributed by atoms with Crippen LogP contribution in [0.15, 0.2) is 34.6 Å². The Hall–Kier alpha value is -2.36. The highest BCUT2D eigenvalue weighted by molar-refractivity contribution is 7.10. The van der Waals surface area contributed by atoms with Crippen molar-refractivity contribution in [3.63, 3.8) is 0 Å². The molecule has 0 saturated carbocycles. The highest BCUT2D eigenvalue weighted by Gasteiger charge is 2.08. The standard InChI is InChI=1S/C15H14N2O3S/c1-17-6-4-12(9-14(17)19)15(20)16-10-13-11(3-2-7-18)5-8-21-13/h4-6,8-9,18H,7,10H2,1H3,(H,16,20). The molecule has 0 aromatic carbocycles. The van der Waals surface area contributed by atoms with E-state index in [1.807, 2.05) is 11.4 Å². The van der Waals surface area contributed by atoms with Crippen LogP contribution in [0, 0.1) is 11.8 Å². The van der Waals surface area contributed by atoms with Gasteiger partial charge in [-0.05, 0) is 17.5 Å². The van der Waals surface area contributed by atoms with Crippen LogP contribution in [0.5, 0.6) is 0 Å². The van der Waals surface area contributed by atoms with Gasteiger partial charge in [-0.2, -0.15) is 0 Å². The van der Waals surface area contributed by atoms with E-state index in [-0.39, 0.29) is 18.1 Å². The Morgan fingerprint density at radius 2 is 2.29 bits per heavy atom. The number of aryl methyl sites for hydroxylation is 1. The maximum atomic E-state index is 12.0. The number of hydrogen-bond donors (Lipinski definition) is 2. The first-order chi connectivity index (χ1) is 10.1. The number of rotatable bonds is 3. The van der Waals surface area contributed by atoms with Gasteiger partial charge >= 0.3 is 0 Å². The molecule has 0 bridgehead atoms. The third-order valence-corrected chi connectivity index (χ3v) is 3.74. The number of nitrogens with one attached hydrogen (secondary N) is 1. The van der Waals surface area contributed by atoms with Crippen molar-refractivity contribution in [1.29, 1.82) is 0 Å². The van der Waals surface area contributed by atoms with Crippen LogP contribution in [0.2, 0.25) is 0 Å². The molecule has 0 aliphatic rings. The third kappa shape index (κ3) is 3.81. The molecular weight excluding hydrogens is 288 g/mol. The molecule has 0 radical (unpaired) electrons. The predicted octanol–water partition coefficient (Wildman–Crippen LogP) is 0.721. The number of carbonyl (C=O) groups excluding carboxylic acids is 1. The Bertz CT molecular complexity index is 765. The van der Waals surface area contributed by atoms with Gasteiger partial charge in [0.1, 0.15) is 6.61 Å². The van der Waals surface area contributed by atoms with Crippen molar-refractivity contribution < 1.29 is 9.90 Å². The Kier molecular flexibility index (Phi) is 4.93. The third-order valence-electron chi connectivity index (χ3n) is 2.82. The summed E-state index contributed by atoms with van der Waals surface area (Å²) in [7, 11) is 1.63.